The smallest absolute Gasteiger partial charge is 0.150 e. The molecule has 0 aromatic heterocycles. The quantitative estimate of drug-likeness (QED) is 0.376. The Labute approximate surface area is 169 Å². The number of aliphatic imine (C=N–C) groups is 1. The summed E-state index contributed by atoms with van der Waals surface area (Å²) in [4.78, 5) is 8.61. The van der Waals surface area contributed by atoms with Crippen molar-refractivity contribution in [1.82, 2.24) is 9.80 Å². The van der Waals surface area contributed by atoms with Gasteiger partial charge in [-0.1, -0.05) is 0 Å². The van der Waals surface area contributed by atoms with Crippen molar-refractivity contribution < 1.29 is 8.95 Å². The molecule has 7 nitrogen and oxygen atoms in total. The second-order valence-corrected chi connectivity index (χ2v) is 10.1. The number of nitriles is 1. The molecule has 0 amide bonds. The summed E-state index contributed by atoms with van der Waals surface area (Å²) in [5.74, 6) is 0.526. The molecule has 8 heteroatoms. The van der Waals surface area contributed by atoms with Crippen molar-refractivity contribution >= 4 is 27.4 Å². The van der Waals surface area contributed by atoms with Gasteiger partial charge in [0.15, 0.2) is 0 Å². The largest absolute Gasteiger partial charge is 0.491 e. The lowest BCUT2D eigenvalue weighted by Gasteiger charge is -2.17. The van der Waals surface area contributed by atoms with Gasteiger partial charge in [-0.05, 0) is 45.3 Å². The highest BCUT2D eigenvalue weighted by Crippen LogP contribution is 2.40. The summed E-state index contributed by atoms with van der Waals surface area (Å²) in [5.41, 5.74) is 2.11. The van der Waals surface area contributed by atoms with Gasteiger partial charge >= 0.3 is 0 Å². The van der Waals surface area contributed by atoms with Crippen LogP contribution in [0.1, 0.15) is 30.4 Å². The van der Waals surface area contributed by atoms with Gasteiger partial charge in [-0.25, -0.2) is 9.20 Å². The predicted molar refractivity (Wildman–Crippen MR) is 116 cm³/mol. The van der Waals surface area contributed by atoms with E-state index in [9.17, 15) is 9.47 Å². The molecule has 0 atom stereocenters. The van der Waals surface area contributed by atoms with Crippen LogP contribution in [0.25, 0.3) is 0 Å². The maximum absolute atomic E-state index is 12.3. The van der Waals surface area contributed by atoms with Crippen LogP contribution in [-0.4, -0.2) is 73.2 Å². The first kappa shape index (κ1) is 22.2. The van der Waals surface area contributed by atoms with Gasteiger partial charge in [-0.3, -0.25) is 0 Å². The highest BCUT2D eigenvalue weighted by atomic mass is 32.2. The lowest BCUT2D eigenvalue weighted by atomic mass is 10.1. The van der Waals surface area contributed by atoms with Crippen LogP contribution in [-0.2, 0) is 9.73 Å². The van der Waals surface area contributed by atoms with Crippen LogP contribution in [0.15, 0.2) is 15.4 Å². The molecule has 0 spiro atoms. The molecule has 28 heavy (non-hydrogen) atoms. The highest BCUT2D eigenvalue weighted by molar-refractivity contribution is 7.92. The number of ether oxygens (including phenoxy) is 1. The van der Waals surface area contributed by atoms with Crippen molar-refractivity contribution in [3.8, 4) is 11.8 Å². The molecule has 1 saturated heterocycles. The van der Waals surface area contributed by atoms with E-state index in [1.54, 1.807) is 29.8 Å². The Bertz CT molecular complexity index is 866. The minimum atomic E-state index is -2.39. The average Bonchev–Trinajstić information content (AvgIpc) is 3.11. The van der Waals surface area contributed by atoms with Crippen LogP contribution >= 0.6 is 0 Å². The van der Waals surface area contributed by atoms with Gasteiger partial charge in [0.25, 0.3) is 0 Å². The maximum atomic E-state index is 12.3. The van der Waals surface area contributed by atoms with E-state index >= 15 is 0 Å². The fourth-order valence-corrected chi connectivity index (χ4v) is 3.75. The van der Waals surface area contributed by atoms with E-state index in [0.717, 1.165) is 26.1 Å². The maximum Gasteiger partial charge on any atom is 0.150 e. The van der Waals surface area contributed by atoms with Crippen LogP contribution in [0.2, 0.25) is 0 Å². The molecule has 0 radical (unpaired) electrons. The first-order valence-corrected chi connectivity index (χ1v) is 11.8. The minimum Gasteiger partial charge on any atom is -0.491 e. The topological polar surface area (TPSA) is 81.3 Å². The van der Waals surface area contributed by atoms with Crippen LogP contribution in [0.3, 0.4) is 0 Å². The van der Waals surface area contributed by atoms with Crippen molar-refractivity contribution in [2.45, 2.75) is 26.2 Å². The summed E-state index contributed by atoms with van der Waals surface area (Å²) in [7, 11) is 1.33. The van der Waals surface area contributed by atoms with Gasteiger partial charge < -0.3 is 14.5 Å². The monoisotopic (exact) mass is 405 g/mol. The molecule has 0 N–H and O–H groups in total. The summed E-state index contributed by atoms with van der Waals surface area (Å²) >= 11 is 0. The van der Waals surface area contributed by atoms with Gasteiger partial charge in [0.1, 0.15) is 17.5 Å². The van der Waals surface area contributed by atoms with Gasteiger partial charge in [0.2, 0.25) is 0 Å². The fraction of sp³-hybridized carbons (Fsp3) is 0.600. The number of hydrogen-bond acceptors (Lipinski definition) is 6. The molecule has 0 unspecified atom stereocenters. The molecule has 2 rings (SSSR count). The molecule has 1 aromatic rings. The lowest BCUT2D eigenvalue weighted by molar-refractivity contribution is 0.263. The Hall–Kier alpha value is -2.11. The van der Waals surface area contributed by atoms with Crippen molar-refractivity contribution in [3.63, 3.8) is 0 Å². The fourth-order valence-electron chi connectivity index (χ4n) is 3.14. The van der Waals surface area contributed by atoms with Gasteiger partial charge in [-0.15, -0.1) is 0 Å². The van der Waals surface area contributed by atoms with E-state index in [2.05, 4.69) is 20.3 Å². The van der Waals surface area contributed by atoms with Crippen molar-refractivity contribution in [3.05, 3.63) is 17.2 Å². The van der Waals surface area contributed by atoms with E-state index in [4.69, 9.17) is 4.74 Å². The molecule has 154 valence electrons. The standard InChI is InChI=1S/C20H31N5O2S/c1-16-17(14-21)18(22-15-24(2)3)13-19(23-28(4,5)26)20(16)27-12-8-11-25-9-6-7-10-25/h13,15H,6-12H2,1-5H3. The number of rotatable bonds is 8. The summed E-state index contributed by atoms with van der Waals surface area (Å²) in [6, 6.07) is 3.91. The van der Waals surface area contributed by atoms with Crippen molar-refractivity contribution in [2.75, 3.05) is 52.8 Å². The second kappa shape index (κ2) is 9.89. The van der Waals surface area contributed by atoms with Crippen LogP contribution in [0.5, 0.6) is 5.75 Å². The third-order valence-electron chi connectivity index (χ3n) is 4.40. The van der Waals surface area contributed by atoms with Crippen molar-refractivity contribution in [1.29, 1.82) is 5.26 Å². The summed E-state index contributed by atoms with van der Waals surface area (Å²) in [6.45, 7) is 5.67. The molecular formula is C20H31N5O2S. The Morgan fingerprint density at radius 1 is 1.32 bits per heavy atom. The zero-order valence-corrected chi connectivity index (χ0v) is 18.4. The number of benzene rings is 1. The van der Waals surface area contributed by atoms with Crippen LogP contribution in [0, 0.1) is 18.3 Å². The van der Waals surface area contributed by atoms with Gasteiger partial charge in [0, 0.05) is 48.4 Å². The first-order valence-electron chi connectivity index (χ1n) is 9.52. The summed E-state index contributed by atoms with van der Waals surface area (Å²) in [5, 5.41) is 9.64. The molecule has 1 fully saturated rings. The molecule has 1 aliphatic rings. The second-order valence-electron chi connectivity index (χ2n) is 7.59. The molecule has 1 aliphatic heterocycles. The zero-order chi connectivity index (χ0) is 20.7. The number of hydrogen-bond donors (Lipinski definition) is 0. The number of nitrogens with zero attached hydrogens (tertiary/aromatic N) is 5. The van der Waals surface area contributed by atoms with E-state index in [0.29, 0.717) is 34.9 Å². The minimum absolute atomic E-state index is 0.449. The Kier molecular flexibility index (Phi) is 7.84. The molecule has 1 heterocycles. The molecule has 0 saturated carbocycles. The van der Waals surface area contributed by atoms with E-state index in [1.165, 1.54) is 12.8 Å². The Morgan fingerprint density at radius 3 is 2.57 bits per heavy atom. The Balaban J connectivity index is 2.32. The van der Waals surface area contributed by atoms with Crippen LogP contribution < -0.4 is 4.74 Å². The van der Waals surface area contributed by atoms with Crippen LogP contribution in [0.4, 0.5) is 11.4 Å². The summed E-state index contributed by atoms with van der Waals surface area (Å²) in [6.07, 6.45) is 8.23. The molecular weight excluding hydrogens is 374 g/mol. The van der Waals surface area contributed by atoms with E-state index in [-0.39, 0.29) is 0 Å². The van der Waals surface area contributed by atoms with Gasteiger partial charge in [0.05, 0.1) is 24.2 Å². The average molecular weight is 406 g/mol. The van der Waals surface area contributed by atoms with E-state index in [1.807, 2.05) is 21.0 Å². The number of likely N-dealkylation sites (tertiary alicyclic amines) is 1. The van der Waals surface area contributed by atoms with Gasteiger partial charge in [-0.2, -0.15) is 9.62 Å². The lowest BCUT2D eigenvalue weighted by Crippen LogP contribution is -2.22. The molecule has 0 bridgehead atoms. The Morgan fingerprint density at radius 2 is 2.00 bits per heavy atom. The molecule has 0 aliphatic carbocycles. The summed E-state index contributed by atoms with van der Waals surface area (Å²) < 4.78 is 22.7. The SMILES string of the molecule is Cc1c(C#N)c(N=CN(C)C)cc(N=S(C)(C)=O)c1OCCCN1CCCC1. The zero-order valence-electron chi connectivity index (χ0n) is 17.6. The normalized spacial score (nSPS) is 15.0. The van der Waals surface area contributed by atoms with Crippen molar-refractivity contribution in [2.24, 2.45) is 9.36 Å². The third kappa shape index (κ3) is 6.50. The first-order chi connectivity index (χ1) is 13.2. The third-order valence-corrected chi connectivity index (χ3v) is 5.04. The highest BCUT2D eigenvalue weighted by Gasteiger charge is 2.17. The molecule has 1 aromatic carbocycles. The predicted octanol–water partition coefficient (Wildman–Crippen LogP) is 3.31. The van der Waals surface area contributed by atoms with E-state index < -0.39 is 9.73 Å².